The van der Waals surface area contributed by atoms with E-state index in [1.165, 1.54) is 19.3 Å². The Morgan fingerprint density at radius 2 is 1.82 bits per heavy atom. The van der Waals surface area contributed by atoms with Crippen molar-refractivity contribution in [3.05, 3.63) is 29.3 Å². The highest BCUT2D eigenvalue weighted by molar-refractivity contribution is 5.88. The number of hydrogen-bond donors (Lipinski definition) is 1. The minimum Gasteiger partial charge on any atom is -0.478 e. The molecule has 0 aliphatic heterocycles. The molecule has 0 amide bonds. The summed E-state index contributed by atoms with van der Waals surface area (Å²) in [6.45, 7) is 3.19. The fourth-order valence-electron chi connectivity index (χ4n) is 5.77. The number of carbonyl (C=O) groups is 1. The van der Waals surface area contributed by atoms with Crippen LogP contribution in [-0.4, -0.2) is 23.0 Å². The number of halogens is 3. The van der Waals surface area contributed by atoms with Gasteiger partial charge < -0.3 is 14.6 Å². The molecule has 3 saturated carbocycles. The van der Waals surface area contributed by atoms with Crippen molar-refractivity contribution in [2.75, 3.05) is 0 Å². The second kappa shape index (κ2) is 6.65. The van der Waals surface area contributed by atoms with Crippen LogP contribution in [0.3, 0.4) is 0 Å². The van der Waals surface area contributed by atoms with E-state index in [0.29, 0.717) is 17.8 Å². The van der Waals surface area contributed by atoms with Crippen LogP contribution >= 0.6 is 0 Å². The van der Waals surface area contributed by atoms with Crippen LogP contribution in [0.1, 0.15) is 61.9 Å². The molecule has 3 fully saturated rings. The molecule has 0 aromatic heterocycles. The molecule has 1 aromatic carbocycles. The summed E-state index contributed by atoms with van der Waals surface area (Å²) in [5.74, 6) is -0.553. The third-order valence-electron chi connectivity index (χ3n) is 6.69. The minimum absolute atomic E-state index is 0.0173. The Balaban J connectivity index is 1.53. The van der Waals surface area contributed by atoms with Gasteiger partial charge in [0.25, 0.3) is 0 Å². The molecule has 2 bridgehead atoms. The third kappa shape index (κ3) is 3.49. The first kappa shape index (κ1) is 19.6. The molecule has 0 spiro atoms. The van der Waals surface area contributed by atoms with Crippen molar-refractivity contribution in [3.63, 3.8) is 0 Å². The lowest BCUT2D eigenvalue weighted by Crippen LogP contribution is -2.41. The number of carboxylic acids is 1. The molecule has 3 aliphatic carbocycles. The summed E-state index contributed by atoms with van der Waals surface area (Å²) in [5.41, 5.74) is -1.26. The van der Waals surface area contributed by atoms with E-state index >= 15 is 0 Å². The van der Waals surface area contributed by atoms with Gasteiger partial charge in [-0.3, -0.25) is 0 Å². The molecule has 28 heavy (non-hydrogen) atoms. The van der Waals surface area contributed by atoms with Crippen molar-refractivity contribution in [1.29, 1.82) is 0 Å². The predicted octanol–water partition coefficient (Wildman–Crippen LogP) is 5.36. The van der Waals surface area contributed by atoms with Crippen molar-refractivity contribution < 1.29 is 32.5 Å². The first-order valence-electron chi connectivity index (χ1n) is 9.86. The first-order valence-corrected chi connectivity index (χ1v) is 9.86. The van der Waals surface area contributed by atoms with Crippen LogP contribution in [0.5, 0.6) is 5.75 Å². The molecule has 1 aromatic rings. The van der Waals surface area contributed by atoms with Gasteiger partial charge in [-0.2, -0.15) is 13.2 Å². The molecule has 1 N–H and O–H groups in total. The average molecular weight is 398 g/mol. The van der Waals surface area contributed by atoms with Crippen molar-refractivity contribution >= 4 is 5.97 Å². The standard InChI is InChI=1S/C21H25F3O4/c1-20(2,27-17-10-12-8-15(17)14-5-3-4-13(12)14)28-18-9-11(19(25)26)6-7-16(18)21(22,23)24/h6-7,9,12-15,17H,3-5,8,10H2,1-2H3,(H,25,26). The number of fused-ring (bicyclic) bond motifs is 5. The molecule has 4 rings (SSSR count). The summed E-state index contributed by atoms with van der Waals surface area (Å²) in [6, 6.07) is 2.60. The largest absolute Gasteiger partial charge is 0.478 e. The number of ether oxygens (including phenoxy) is 2. The number of hydrogen-bond acceptors (Lipinski definition) is 3. The van der Waals surface area contributed by atoms with Crippen LogP contribution in [0.2, 0.25) is 0 Å². The van der Waals surface area contributed by atoms with E-state index in [4.69, 9.17) is 14.6 Å². The molecule has 0 radical (unpaired) electrons. The lowest BCUT2D eigenvalue weighted by molar-refractivity contribution is -0.207. The van der Waals surface area contributed by atoms with Crippen LogP contribution < -0.4 is 4.74 Å². The molecule has 0 heterocycles. The average Bonchev–Trinajstić information content (AvgIpc) is 3.25. The van der Waals surface area contributed by atoms with Gasteiger partial charge in [0.1, 0.15) is 5.75 Å². The smallest absolute Gasteiger partial charge is 0.419 e. The lowest BCUT2D eigenvalue weighted by Gasteiger charge is -2.37. The fraction of sp³-hybridized carbons (Fsp3) is 0.667. The van der Waals surface area contributed by atoms with Gasteiger partial charge in [-0.05, 0) is 67.6 Å². The Kier molecular flexibility index (Phi) is 4.64. The van der Waals surface area contributed by atoms with E-state index in [1.807, 2.05) is 0 Å². The van der Waals surface area contributed by atoms with Gasteiger partial charge in [0.15, 0.2) is 0 Å². The number of rotatable bonds is 5. The van der Waals surface area contributed by atoms with Crippen molar-refractivity contribution in [2.24, 2.45) is 23.7 Å². The monoisotopic (exact) mass is 398 g/mol. The maximum Gasteiger partial charge on any atom is 0.419 e. The Morgan fingerprint density at radius 3 is 2.50 bits per heavy atom. The van der Waals surface area contributed by atoms with E-state index in [-0.39, 0.29) is 11.7 Å². The quantitative estimate of drug-likeness (QED) is 0.679. The second-order valence-corrected chi connectivity index (χ2v) is 8.83. The van der Waals surface area contributed by atoms with Crippen LogP contribution in [0.25, 0.3) is 0 Å². The van der Waals surface area contributed by atoms with E-state index in [1.54, 1.807) is 13.8 Å². The van der Waals surface area contributed by atoms with Gasteiger partial charge in [-0.25, -0.2) is 4.79 Å². The summed E-state index contributed by atoms with van der Waals surface area (Å²) < 4.78 is 51.9. The zero-order chi connectivity index (χ0) is 20.3. The van der Waals surface area contributed by atoms with Crippen LogP contribution in [0, 0.1) is 23.7 Å². The second-order valence-electron chi connectivity index (χ2n) is 8.83. The molecule has 0 saturated heterocycles. The van der Waals surface area contributed by atoms with Gasteiger partial charge in [-0.1, -0.05) is 6.42 Å². The first-order chi connectivity index (χ1) is 13.0. The van der Waals surface area contributed by atoms with Gasteiger partial charge in [0, 0.05) is 13.8 Å². The molecule has 5 atom stereocenters. The Morgan fingerprint density at radius 1 is 1.11 bits per heavy atom. The highest BCUT2D eigenvalue weighted by atomic mass is 19.4. The van der Waals surface area contributed by atoms with Crippen molar-refractivity contribution in [3.8, 4) is 5.75 Å². The summed E-state index contributed by atoms with van der Waals surface area (Å²) in [7, 11) is 0. The number of benzene rings is 1. The van der Waals surface area contributed by atoms with Gasteiger partial charge >= 0.3 is 12.1 Å². The van der Waals surface area contributed by atoms with Crippen molar-refractivity contribution in [1.82, 2.24) is 0 Å². The SMILES string of the molecule is CC(C)(Oc1cc(C(=O)O)ccc1C(F)(F)F)OC1CC2CC1C1CCCC21. The summed E-state index contributed by atoms with van der Waals surface area (Å²) >= 11 is 0. The molecule has 5 unspecified atom stereocenters. The Bertz CT molecular complexity index is 773. The highest BCUT2D eigenvalue weighted by Crippen LogP contribution is 2.59. The lowest BCUT2D eigenvalue weighted by atomic mass is 9.80. The van der Waals surface area contributed by atoms with Gasteiger partial charge in [-0.15, -0.1) is 0 Å². The topological polar surface area (TPSA) is 55.8 Å². The van der Waals surface area contributed by atoms with Gasteiger partial charge in [0.2, 0.25) is 5.79 Å². The molecular weight excluding hydrogens is 373 g/mol. The minimum atomic E-state index is -4.65. The van der Waals surface area contributed by atoms with Crippen LogP contribution in [0.15, 0.2) is 18.2 Å². The zero-order valence-corrected chi connectivity index (χ0v) is 16.0. The third-order valence-corrected chi connectivity index (χ3v) is 6.69. The van der Waals surface area contributed by atoms with E-state index in [9.17, 15) is 18.0 Å². The Hall–Kier alpha value is -1.76. The maximum atomic E-state index is 13.4. The molecular formula is C21H25F3O4. The molecule has 3 aliphatic rings. The molecule has 7 heteroatoms. The van der Waals surface area contributed by atoms with E-state index in [0.717, 1.165) is 37.0 Å². The van der Waals surface area contributed by atoms with Crippen molar-refractivity contribution in [2.45, 2.75) is 64.0 Å². The van der Waals surface area contributed by atoms with Crippen LogP contribution in [0.4, 0.5) is 13.2 Å². The van der Waals surface area contributed by atoms with E-state index in [2.05, 4.69) is 0 Å². The predicted molar refractivity (Wildman–Crippen MR) is 95.0 cm³/mol. The normalized spacial score (nSPS) is 31.8. The molecule has 4 nitrogen and oxygen atoms in total. The zero-order valence-electron chi connectivity index (χ0n) is 16.0. The fourth-order valence-corrected chi connectivity index (χ4v) is 5.77. The maximum absolute atomic E-state index is 13.4. The van der Waals surface area contributed by atoms with E-state index < -0.39 is 29.2 Å². The summed E-state index contributed by atoms with van der Waals surface area (Å²) in [4.78, 5) is 11.2. The molecule has 154 valence electrons. The van der Waals surface area contributed by atoms with Crippen LogP contribution in [-0.2, 0) is 10.9 Å². The Labute approximate surface area is 162 Å². The number of alkyl halides is 3. The number of carboxylic acid groups (broad SMARTS) is 1. The van der Waals surface area contributed by atoms with Gasteiger partial charge in [0.05, 0.1) is 17.2 Å². The number of aromatic carboxylic acids is 1. The summed E-state index contributed by atoms with van der Waals surface area (Å²) in [5, 5.41) is 9.12. The highest BCUT2D eigenvalue weighted by Gasteiger charge is 2.55. The summed E-state index contributed by atoms with van der Waals surface area (Å²) in [6.07, 6.45) is 1.16.